The predicted octanol–water partition coefficient (Wildman–Crippen LogP) is 2.08. The number of carbonyl (C=O) groups is 1. The fourth-order valence-corrected chi connectivity index (χ4v) is 4.69. The Balaban J connectivity index is 1.34. The van der Waals surface area contributed by atoms with Crippen LogP contribution in [0.15, 0.2) is 0 Å². The van der Waals surface area contributed by atoms with E-state index in [2.05, 4.69) is 4.90 Å². The van der Waals surface area contributed by atoms with Gasteiger partial charge < -0.3 is 19.1 Å². The van der Waals surface area contributed by atoms with Crippen LogP contribution in [0, 0.1) is 11.3 Å². The van der Waals surface area contributed by atoms with Gasteiger partial charge in [0.25, 0.3) is 0 Å². The molecule has 1 spiro atoms. The molecule has 0 N–H and O–H groups in total. The molecule has 0 aromatic rings. The van der Waals surface area contributed by atoms with E-state index in [1.807, 2.05) is 25.7 Å². The van der Waals surface area contributed by atoms with Crippen molar-refractivity contribution < 1.29 is 19.0 Å². The van der Waals surface area contributed by atoms with Gasteiger partial charge in [-0.15, -0.1) is 0 Å². The largest absolute Gasteiger partial charge is 0.444 e. The van der Waals surface area contributed by atoms with Gasteiger partial charge in [-0.05, 0) is 46.1 Å². The van der Waals surface area contributed by atoms with Crippen LogP contribution in [0.1, 0.15) is 40.0 Å². The summed E-state index contributed by atoms with van der Waals surface area (Å²) in [4.78, 5) is 16.7. The minimum atomic E-state index is -0.423. The lowest BCUT2D eigenvalue weighted by Gasteiger charge is -2.40. The molecule has 0 radical (unpaired) electrons. The van der Waals surface area contributed by atoms with Crippen LogP contribution in [0.5, 0.6) is 0 Å². The van der Waals surface area contributed by atoms with E-state index in [9.17, 15) is 4.79 Å². The molecule has 6 heteroatoms. The summed E-state index contributed by atoms with van der Waals surface area (Å²) in [6.45, 7) is 11.9. The van der Waals surface area contributed by atoms with E-state index in [-0.39, 0.29) is 17.3 Å². The second-order valence-corrected chi connectivity index (χ2v) is 9.05. The number of carbonyl (C=O) groups excluding carboxylic acids is 1. The van der Waals surface area contributed by atoms with Crippen LogP contribution in [-0.4, -0.2) is 73.2 Å². The average Bonchev–Trinajstić information content (AvgIpc) is 2.82. The zero-order chi connectivity index (χ0) is 17.0. The molecule has 3 aliphatic heterocycles. The van der Waals surface area contributed by atoms with Crippen molar-refractivity contribution >= 4 is 6.09 Å². The van der Waals surface area contributed by atoms with Crippen LogP contribution < -0.4 is 0 Å². The highest BCUT2D eigenvalue weighted by Crippen LogP contribution is 2.58. The normalized spacial score (nSPS) is 35.3. The van der Waals surface area contributed by atoms with E-state index in [0.29, 0.717) is 19.1 Å². The Labute approximate surface area is 144 Å². The van der Waals surface area contributed by atoms with Crippen LogP contribution in [0.4, 0.5) is 4.79 Å². The molecule has 0 unspecified atom stereocenters. The van der Waals surface area contributed by atoms with Crippen LogP contribution in [0.3, 0.4) is 0 Å². The molecular formula is C18H30N2O4. The monoisotopic (exact) mass is 338 g/mol. The van der Waals surface area contributed by atoms with Crippen molar-refractivity contribution in [1.82, 2.24) is 9.80 Å². The molecule has 1 aliphatic carbocycles. The van der Waals surface area contributed by atoms with Crippen molar-refractivity contribution in [2.24, 2.45) is 11.3 Å². The van der Waals surface area contributed by atoms with Crippen LogP contribution in [0.25, 0.3) is 0 Å². The van der Waals surface area contributed by atoms with Gasteiger partial charge in [0.05, 0.1) is 19.8 Å². The van der Waals surface area contributed by atoms with Crippen molar-refractivity contribution in [2.75, 3.05) is 45.9 Å². The predicted molar refractivity (Wildman–Crippen MR) is 88.7 cm³/mol. The summed E-state index contributed by atoms with van der Waals surface area (Å²) in [6, 6.07) is 0. The maximum absolute atomic E-state index is 12.3. The van der Waals surface area contributed by atoms with Gasteiger partial charge in [0.15, 0.2) is 5.79 Å². The molecule has 136 valence electrons. The van der Waals surface area contributed by atoms with Gasteiger partial charge >= 0.3 is 6.09 Å². The summed E-state index contributed by atoms with van der Waals surface area (Å²) in [5.41, 5.74) is -0.151. The van der Waals surface area contributed by atoms with Crippen LogP contribution in [-0.2, 0) is 14.2 Å². The molecule has 4 aliphatic rings. The molecule has 3 saturated heterocycles. The summed E-state index contributed by atoms with van der Waals surface area (Å²) >= 11 is 0. The lowest BCUT2D eigenvalue weighted by atomic mass is 10.00. The lowest BCUT2D eigenvalue weighted by molar-refractivity contribution is -0.190. The minimum absolute atomic E-state index is 0.161. The first kappa shape index (κ1) is 16.6. The molecule has 1 amide bonds. The smallest absolute Gasteiger partial charge is 0.410 e. The molecule has 24 heavy (non-hydrogen) atoms. The molecule has 0 aromatic carbocycles. The number of hydrogen-bond donors (Lipinski definition) is 0. The third kappa shape index (κ3) is 3.16. The molecule has 0 bridgehead atoms. The van der Waals surface area contributed by atoms with E-state index >= 15 is 0 Å². The second kappa shape index (κ2) is 5.58. The number of hydrogen-bond acceptors (Lipinski definition) is 5. The van der Waals surface area contributed by atoms with Gasteiger partial charge in [-0.1, -0.05) is 0 Å². The highest BCUT2D eigenvalue weighted by Gasteiger charge is 2.62. The zero-order valence-electron chi connectivity index (χ0n) is 15.2. The van der Waals surface area contributed by atoms with E-state index in [1.54, 1.807) is 0 Å². The van der Waals surface area contributed by atoms with Gasteiger partial charge in [0, 0.05) is 31.5 Å². The average molecular weight is 338 g/mol. The Morgan fingerprint density at radius 3 is 2.71 bits per heavy atom. The fourth-order valence-electron chi connectivity index (χ4n) is 4.69. The number of fused-ring (bicyclic) bond motifs is 1. The molecule has 3 heterocycles. The highest BCUT2D eigenvalue weighted by molar-refractivity contribution is 5.69. The minimum Gasteiger partial charge on any atom is -0.444 e. The number of nitrogens with zero attached hydrogens (tertiary/aromatic N) is 2. The highest BCUT2D eigenvalue weighted by atomic mass is 16.7. The Morgan fingerprint density at radius 2 is 2.00 bits per heavy atom. The second-order valence-electron chi connectivity index (χ2n) is 9.05. The number of amides is 1. The van der Waals surface area contributed by atoms with Gasteiger partial charge in [0.2, 0.25) is 0 Å². The summed E-state index contributed by atoms with van der Waals surface area (Å²) in [5.74, 6) is 0.274. The van der Waals surface area contributed by atoms with E-state index in [1.165, 1.54) is 6.42 Å². The summed E-state index contributed by atoms with van der Waals surface area (Å²) < 4.78 is 17.3. The number of ether oxygens (including phenoxy) is 3. The SMILES string of the molecule is CC(C)(C)OC(=O)N1C[C@@H]2C[C@@]2(CN2CCCC3(C2)OCCO3)C1. The molecule has 6 nitrogen and oxygen atoms in total. The van der Waals surface area contributed by atoms with E-state index in [4.69, 9.17) is 14.2 Å². The Hall–Kier alpha value is -0.850. The maximum atomic E-state index is 12.3. The Kier molecular flexibility index (Phi) is 3.86. The Morgan fingerprint density at radius 1 is 1.25 bits per heavy atom. The zero-order valence-corrected chi connectivity index (χ0v) is 15.2. The lowest BCUT2D eigenvalue weighted by Crippen LogP contribution is -2.51. The van der Waals surface area contributed by atoms with E-state index in [0.717, 1.165) is 45.6 Å². The van der Waals surface area contributed by atoms with Gasteiger partial charge in [-0.2, -0.15) is 0 Å². The van der Waals surface area contributed by atoms with Crippen molar-refractivity contribution in [1.29, 1.82) is 0 Å². The van der Waals surface area contributed by atoms with Crippen molar-refractivity contribution in [3.8, 4) is 0 Å². The van der Waals surface area contributed by atoms with Crippen molar-refractivity contribution in [2.45, 2.75) is 51.4 Å². The fraction of sp³-hybridized carbons (Fsp3) is 0.944. The van der Waals surface area contributed by atoms with E-state index < -0.39 is 5.60 Å². The molecular weight excluding hydrogens is 308 g/mol. The summed E-state index contributed by atoms with van der Waals surface area (Å²) in [5, 5.41) is 0. The first-order valence-corrected chi connectivity index (χ1v) is 9.28. The summed E-state index contributed by atoms with van der Waals surface area (Å²) in [6.07, 6.45) is 3.20. The van der Waals surface area contributed by atoms with Crippen molar-refractivity contribution in [3.63, 3.8) is 0 Å². The van der Waals surface area contributed by atoms with Crippen LogP contribution in [0.2, 0.25) is 0 Å². The van der Waals surface area contributed by atoms with Crippen molar-refractivity contribution in [3.05, 3.63) is 0 Å². The molecule has 4 fully saturated rings. The first-order valence-electron chi connectivity index (χ1n) is 9.28. The standard InChI is InChI=1S/C18H30N2O4/c1-16(2,3)24-15(21)20-10-14-9-17(14,12-20)11-19-6-4-5-18(13-19)22-7-8-23-18/h14H,4-13H2,1-3H3/t14-,17+/m0/s1. The first-order chi connectivity index (χ1) is 11.3. The Bertz CT molecular complexity index is 512. The van der Waals surface area contributed by atoms with Gasteiger partial charge in [-0.25, -0.2) is 4.79 Å². The molecule has 0 aromatic heterocycles. The molecule has 2 atom stereocenters. The van der Waals surface area contributed by atoms with Gasteiger partial charge in [0.1, 0.15) is 5.60 Å². The van der Waals surface area contributed by atoms with Crippen LogP contribution >= 0.6 is 0 Å². The molecule has 4 rings (SSSR count). The number of piperidine rings is 2. The number of rotatable bonds is 2. The number of likely N-dealkylation sites (tertiary alicyclic amines) is 2. The quantitative estimate of drug-likeness (QED) is 0.772. The molecule has 1 saturated carbocycles. The summed E-state index contributed by atoms with van der Waals surface area (Å²) in [7, 11) is 0. The third-order valence-corrected chi connectivity index (χ3v) is 5.81. The maximum Gasteiger partial charge on any atom is 0.410 e. The van der Waals surface area contributed by atoms with Gasteiger partial charge in [-0.3, -0.25) is 4.90 Å². The topological polar surface area (TPSA) is 51.2 Å². The third-order valence-electron chi connectivity index (χ3n) is 5.81.